The molecule has 7 nitrogen and oxygen atoms in total. The van der Waals surface area contributed by atoms with Crippen molar-refractivity contribution in [1.82, 2.24) is 14.7 Å². The highest BCUT2D eigenvalue weighted by Crippen LogP contribution is 2.27. The van der Waals surface area contributed by atoms with Gasteiger partial charge in [-0.05, 0) is 42.2 Å². The Morgan fingerprint density at radius 3 is 2.42 bits per heavy atom. The van der Waals surface area contributed by atoms with Gasteiger partial charge in [-0.15, -0.1) is 0 Å². The highest BCUT2D eigenvalue weighted by Gasteiger charge is 2.15. The molecule has 0 fully saturated rings. The van der Waals surface area contributed by atoms with Gasteiger partial charge in [-0.1, -0.05) is 36.4 Å². The number of hydrogen-bond acceptors (Lipinski definition) is 5. The van der Waals surface area contributed by atoms with E-state index in [9.17, 15) is 9.59 Å². The molecule has 2 aromatic carbocycles. The van der Waals surface area contributed by atoms with E-state index in [1.54, 1.807) is 26.2 Å². The van der Waals surface area contributed by atoms with Crippen LogP contribution in [0.15, 0.2) is 65.5 Å². The monoisotopic (exact) mass is 421 g/mol. The van der Waals surface area contributed by atoms with E-state index in [4.69, 9.17) is 9.47 Å². The number of methoxy groups -OCH3 is 2. The van der Waals surface area contributed by atoms with Crippen molar-refractivity contribution in [1.29, 1.82) is 0 Å². The van der Waals surface area contributed by atoms with Gasteiger partial charge in [-0.2, -0.15) is 5.10 Å². The zero-order chi connectivity index (χ0) is 22.2. The van der Waals surface area contributed by atoms with E-state index in [-0.39, 0.29) is 17.2 Å². The SMILES string of the molecule is COc1ccc(CCCN(C)C(=O)c2ccc(=O)n(Cc3ccccc3)n2)cc1OC. The number of aryl methyl sites for hydroxylation is 1. The van der Waals surface area contributed by atoms with E-state index in [0.717, 1.165) is 24.0 Å². The van der Waals surface area contributed by atoms with Crippen molar-refractivity contribution in [3.05, 3.63) is 87.8 Å². The fourth-order valence-corrected chi connectivity index (χ4v) is 3.29. The zero-order valence-corrected chi connectivity index (χ0v) is 18.1. The van der Waals surface area contributed by atoms with Crippen LogP contribution in [0.25, 0.3) is 0 Å². The number of hydrogen-bond donors (Lipinski definition) is 0. The first-order valence-electron chi connectivity index (χ1n) is 10.1. The fraction of sp³-hybridized carbons (Fsp3) is 0.292. The van der Waals surface area contributed by atoms with Gasteiger partial charge in [0.25, 0.3) is 11.5 Å². The Bertz CT molecular complexity index is 1080. The van der Waals surface area contributed by atoms with Crippen molar-refractivity contribution in [2.75, 3.05) is 27.8 Å². The second kappa shape index (κ2) is 10.4. The summed E-state index contributed by atoms with van der Waals surface area (Å²) in [5.41, 5.74) is 2.07. The summed E-state index contributed by atoms with van der Waals surface area (Å²) in [4.78, 5) is 26.6. The molecule has 3 aromatic rings. The maximum Gasteiger partial charge on any atom is 0.274 e. The van der Waals surface area contributed by atoms with Crippen LogP contribution in [0.1, 0.15) is 28.0 Å². The molecule has 0 unspecified atom stereocenters. The lowest BCUT2D eigenvalue weighted by molar-refractivity contribution is 0.0785. The summed E-state index contributed by atoms with van der Waals surface area (Å²) in [6.07, 6.45) is 1.57. The molecule has 0 atom stereocenters. The summed E-state index contributed by atoms with van der Waals surface area (Å²) >= 11 is 0. The van der Waals surface area contributed by atoms with Crippen molar-refractivity contribution < 1.29 is 14.3 Å². The van der Waals surface area contributed by atoms with Crippen LogP contribution in [0.2, 0.25) is 0 Å². The predicted molar refractivity (Wildman–Crippen MR) is 119 cm³/mol. The normalized spacial score (nSPS) is 10.5. The molecule has 0 aliphatic heterocycles. The standard InChI is InChI=1S/C24H27N3O4/c1-26(15-7-10-18-11-13-21(30-2)22(16-18)31-3)24(29)20-12-14-23(28)27(25-20)17-19-8-5-4-6-9-19/h4-6,8-9,11-14,16H,7,10,15,17H2,1-3H3. The Labute approximate surface area is 181 Å². The van der Waals surface area contributed by atoms with Gasteiger partial charge in [0, 0.05) is 19.7 Å². The quantitative estimate of drug-likeness (QED) is 0.531. The van der Waals surface area contributed by atoms with Crippen molar-refractivity contribution in [3.63, 3.8) is 0 Å². The van der Waals surface area contributed by atoms with E-state index in [2.05, 4.69) is 5.10 Å². The lowest BCUT2D eigenvalue weighted by Gasteiger charge is -2.17. The Morgan fingerprint density at radius 2 is 1.71 bits per heavy atom. The first-order valence-corrected chi connectivity index (χ1v) is 10.1. The molecular formula is C24H27N3O4. The summed E-state index contributed by atoms with van der Waals surface area (Å²) in [7, 11) is 4.96. The van der Waals surface area contributed by atoms with Gasteiger partial charge in [0.2, 0.25) is 0 Å². The number of aromatic nitrogens is 2. The maximum absolute atomic E-state index is 12.8. The fourth-order valence-electron chi connectivity index (χ4n) is 3.29. The van der Waals surface area contributed by atoms with E-state index >= 15 is 0 Å². The topological polar surface area (TPSA) is 73.7 Å². The van der Waals surface area contributed by atoms with Crippen molar-refractivity contribution in [2.45, 2.75) is 19.4 Å². The van der Waals surface area contributed by atoms with E-state index in [1.165, 1.54) is 16.8 Å². The highest BCUT2D eigenvalue weighted by atomic mass is 16.5. The van der Waals surface area contributed by atoms with Crippen LogP contribution in [0, 0.1) is 0 Å². The molecule has 0 spiro atoms. The second-order valence-corrected chi connectivity index (χ2v) is 7.22. The van der Waals surface area contributed by atoms with Crippen LogP contribution < -0.4 is 15.0 Å². The van der Waals surface area contributed by atoms with Crippen molar-refractivity contribution in [3.8, 4) is 11.5 Å². The number of carbonyl (C=O) groups excluding carboxylic acids is 1. The van der Waals surface area contributed by atoms with E-state index in [1.807, 2.05) is 48.5 Å². The van der Waals surface area contributed by atoms with Gasteiger partial charge < -0.3 is 14.4 Å². The van der Waals surface area contributed by atoms with Gasteiger partial charge in [0.1, 0.15) is 5.69 Å². The summed E-state index contributed by atoms with van der Waals surface area (Å²) in [5.74, 6) is 1.17. The van der Waals surface area contributed by atoms with Crippen molar-refractivity contribution >= 4 is 5.91 Å². The molecule has 0 N–H and O–H groups in total. The summed E-state index contributed by atoms with van der Waals surface area (Å²) in [6.45, 7) is 0.885. The third-order valence-electron chi connectivity index (χ3n) is 5.01. The van der Waals surface area contributed by atoms with Gasteiger partial charge in [0.15, 0.2) is 11.5 Å². The minimum absolute atomic E-state index is 0.214. The molecule has 0 saturated heterocycles. The largest absolute Gasteiger partial charge is 0.493 e. The number of ether oxygens (including phenoxy) is 2. The van der Waals surface area contributed by atoms with Crippen LogP contribution in [0.4, 0.5) is 0 Å². The molecule has 31 heavy (non-hydrogen) atoms. The minimum atomic E-state index is -0.239. The Morgan fingerprint density at radius 1 is 0.968 bits per heavy atom. The maximum atomic E-state index is 12.8. The van der Waals surface area contributed by atoms with E-state index < -0.39 is 0 Å². The molecule has 0 radical (unpaired) electrons. The Hall–Kier alpha value is -3.61. The molecule has 3 rings (SSSR count). The first kappa shape index (κ1) is 22.1. The summed E-state index contributed by atoms with van der Waals surface area (Å²) in [6, 6.07) is 18.2. The lowest BCUT2D eigenvalue weighted by atomic mass is 10.1. The van der Waals surface area contributed by atoms with Gasteiger partial charge in [-0.3, -0.25) is 9.59 Å². The zero-order valence-electron chi connectivity index (χ0n) is 18.1. The number of carbonyl (C=O) groups is 1. The third-order valence-corrected chi connectivity index (χ3v) is 5.01. The molecular weight excluding hydrogens is 394 g/mol. The van der Waals surface area contributed by atoms with Crippen LogP contribution in [-0.4, -0.2) is 48.4 Å². The minimum Gasteiger partial charge on any atom is -0.493 e. The molecule has 1 heterocycles. The van der Waals surface area contributed by atoms with Crippen LogP contribution >= 0.6 is 0 Å². The van der Waals surface area contributed by atoms with Crippen LogP contribution in [-0.2, 0) is 13.0 Å². The number of benzene rings is 2. The molecule has 0 aliphatic rings. The van der Waals surface area contributed by atoms with Crippen molar-refractivity contribution in [2.24, 2.45) is 0 Å². The second-order valence-electron chi connectivity index (χ2n) is 7.22. The Kier molecular flexibility index (Phi) is 7.43. The number of amides is 1. The number of nitrogens with zero attached hydrogens (tertiary/aromatic N) is 3. The highest BCUT2D eigenvalue weighted by molar-refractivity contribution is 5.91. The number of rotatable bonds is 9. The van der Waals surface area contributed by atoms with Gasteiger partial charge in [0.05, 0.1) is 20.8 Å². The average Bonchev–Trinajstić information content (AvgIpc) is 2.80. The van der Waals surface area contributed by atoms with Gasteiger partial charge in [-0.25, -0.2) is 4.68 Å². The third kappa shape index (κ3) is 5.72. The lowest BCUT2D eigenvalue weighted by Crippen LogP contribution is -2.32. The molecule has 0 bridgehead atoms. The summed E-state index contributed by atoms with van der Waals surface area (Å²) in [5, 5.41) is 4.28. The molecule has 1 amide bonds. The molecule has 7 heteroatoms. The van der Waals surface area contributed by atoms with Gasteiger partial charge >= 0.3 is 0 Å². The molecule has 162 valence electrons. The first-order chi connectivity index (χ1) is 15.0. The van der Waals surface area contributed by atoms with Crippen LogP contribution in [0.5, 0.6) is 11.5 Å². The molecule has 0 saturated carbocycles. The van der Waals surface area contributed by atoms with Crippen LogP contribution in [0.3, 0.4) is 0 Å². The average molecular weight is 421 g/mol. The molecule has 1 aromatic heterocycles. The predicted octanol–water partition coefficient (Wildman–Crippen LogP) is 3.01. The smallest absolute Gasteiger partial charge is 0.274 e. The Balaban J connectivity index is 1.61. The molecule has 0 aliphatic carbocycles. The van der Waals surface area contributed by atoms with E-state index in [0.29, 0.717) is 24.6 Å². The summed E-state index contributed by atoms with van der Waals surface area (Å²) < 4.78 is 11.9.